The Morgan fingerprint density at radius 1 is 1.00 bits per heavy atom. The van der Waals surface area contributed by atoms with Gasteiger partial charge in [-0.25, -0.2) is 4.98 Å². The van der Waals surface area contributed by atoms with E-state index in [2.05, 4.69) is 16.0 Å². The summed E-state index contributed by atoms with van der Waals surface area (Å²) >= 11 is 6.40. The third-order valence-electron chi connectivity index (χ3n) is 5.27. The summed E-state index contributed by atoms with van der Waals surface area (Å²) in [5, 5.41) is 3.78. The van der Waals surface area contributed by atoms with Crippen molar-refractivity contribution in [3.05, 3.63) is 100 Å². The highest BCUT2D eigenvalue weighted by Crippen LogP contribution is 2.22. The Kier molecular flexibility index (Phi) is 6.15. The van der Waals surface area contributed by atoms with Crippen molar-refractivity contribution >= 4 is 28.5 Å². The molecule has 0 aliphatic carbocycles. The van der Waals surface area contributed by atoms with Gasteiger partial charge >= 0.3 is 0 Å². The Bertz CT molecular complexity index is 1180. The molecule has 1 aromatic heterocycles. The van der Waals surface area contributed by atoms with Crippen LogP contribution in [0.4, 0.5) is 0 Å². The predicted molar refractivity (Wildman–Crippen MR) is 122 cm³/mol. The lowest BCUT2D eigenvalue weighted by Crippen LogP contribution is -2.25. The second kappa shape index (κ2) is 9.14. The molecule has 3 aromatic carbocycles. The number of fused-ring (bicyclic) bond motifs is 1. The number of rotatable bonds is 7. The molecule has 0 saturated heterocycles. The number of nitrogens with zero attached hydrogens (tertiary/aromatic N) is 2. The number of aryl methyl sites for hydroxylation is 2. The van der Waals surface area contributed by atoms with Crippen LogP contribution in [0, 0.1) is 6.92 Å². The van der Waals surface area contributed by atoms with Crippen molar-refractivity contribution in [1.29, 1.82) is 0 Å². The Morgan fingerprint density at radius 2 is 1.73 bits per heavy atom. The van der Waals surface area contributed by atoms with Gasteiger partial charge in [-0.1, -0.05) is 60.1 Å². The van der Waals surface area contributed by atoms with Gasteiger partial charge in [0.15, 0.2) is 0 Å². The molecule has 30 heavy (non-hydrogen) atoms. The number of carbonyl (C=O) groups is 1. The fraction of sp³-hybridized carbons (Fsp3) is 0.200. The minimum absolute atomic E-state index is 0.0299. The Labute approximate surface area is 181 Å². The molecular weight excluding hydrogens is 394 g/mol. The molecule has 1 amide bonds. The normalized spacial score (nSPS) is 11.0. The van der Waals surface area contributed by atoms with Crippen molar-refractivity contribution in [2.45, 2.75) is 26.3 Å². The number of amides is 1. The third kappa shape index (κ3) is 4.39. The van der Waals surface area contributed by atoms with Crippen LogP contribution in [-0.2, 0) is 13.0 Å². The van der Waals surface area contributed by atoms with Gasteiger partial charge in [-0.05, 0) is 48.7 Å². The van der Waals surface area contributed by atoms with Crippen molar-refractivity contribution in [1.82, 2.24) is 14.9 Å². The lowest BCUT2D eigenvalue weighted by molar-refractivity contribution is 0.0952. The first-order valence-corrected chi connectivity index (χ1v) is 10.5. The molecule has 0 radical (unpaired) electrons. The highest BCUT2D eigenvalue weighted by atomic mass is 35.5. The van der Waals surface area contributed by atoms with Gasteiger partial charge in [-0.2, -0.15) is 0 Å². The molecule has 1 heterocycles. The average molecular weight is 418 g/mol. The highest BCUT2D eigenvalue weighted by Gasteiger charge is 2.13. The molecule has 0 spiro atoms. The van der Waals surface area contributed by atoms with Crippen LogP contribution in [0.2, 0.25) is 5.02 Å². The number of hydrogen-bond acceptors (Lipinski definition) is 2. The van der Waals surface area contributed by atoms with Crippen LogP contribution in [0.5, 0.6) is 0 Å². The van der Waals surface area contributed by atoms with E-state index in [1.54, 1.807) is 0 Å². The second-order valence-electron chi connectivity index (χ2n) is 7.37. The molecule has 4 aromatic rings. The zero-order chi connectivity index (χ0) is 20.9. The third-order valence-corrected chi connectivity index (χ3v) is 5.64. The van der Waals surface area contributed by atoms with E-state index in [1.807, 2.05) is 73.7 Å². The van der Waals surface area contributed by atoms with E-state index >= 15 is 0 Å². The van der Waals surface area contributed by atoms with Gasteiger partial charge in [-0.3, -0.25) is 4.79 Å². The summed E-state index contributed by atoms with van der Waals surface area (Å²) in [5.41, 5.74) is 4.84. The summed E-state index contributed by atoms with van der Waals surface area (Å²) in [6, 6.07) is 23.7. The molecule has 0 fully saturated rings. The monoisotopic (exact) mass is 417 g/mol. The fourth-order valence-corrected chi connectivity index (χ4v) is 3.86. The minimum atomic E-state index is -0.0299. The van der Waals surface area contributed by atoms with Crippen LogP contribution in [-0.4, -0.2) is 22.0 Å². The molecule has 0 unspecified atom stereocenters. The van der Waals surface area contributed by atoms with Crippen LogP contribution in [0.1, 0.15) is 33.7 Å². The van der Waals surface area contributed by atoms with Crippen LogP contribution in [0.15, 0.2) is 72.8 Å². The van der Waals surface area contributed by atoms with Gasteiger partial charge in [0, 0.05) is 23.6 Å². The van der Waals surface area contributed by atoms with Crippen LogP contribution in [0.25, 0.3) is 11.0 Å². The van der Waals surface area contributed by atoms with Gasteiger partial charge in [0.25, 0.3) is 5.91 Å². The SMILES string of the molecule is Cc1ccccc1C(=O)NCCCc1nc2ccccc2n1Cc1ccccc1Cl. The summed E-state index contributed by atoms with van der Waals surface area (Å²) < 4.78 is 2.22. The molecule has 0 bridgehead atoms. The summed E-state index contributed by atoms with van der Waals surface area (Å²) in [4.78, 5) is 17.3. The van der Waals surface area contributed by atoms with Gasteiger partial charge in [0.1, 0.15) is 5.82 Å². The molecule has 0 aliphatic heterocycles. The molecule has 0 saturated carbocycles. The molecule has 5 heteroatoms. The van der Waals surface area contributed by atoms with Gasteiger partial charge in [-0.15, -0.1) is 0 Å². The van der Waals surface area contributed by atoms with E-state index in [9.17, 15) is 4.79 Å². The first kappa shape index (κ1) is 20.2. The van der Waals surface area contributed by atoms with Crippen molar-refractivity contribution in [3.8, 4) is 0 Å². The number of imidazole rings is 1. The first-order valence-electron chi connectivity index (χ1n) is 10.1. The van der Waals surface area contributed by atoms with Gasteiger partial charge in [0.2, 0.25) is 0 Å². The number of aromatic nitrogens is 2. The summed E-state index contributed by atoms with van der Waals surface area (Å²) in [5.74, 6) is 0.971. The maximum absolute atomic E-state index is 12.4. The van der Waals surface area contributed by atoms with Gasteiger partial charge < -0.3 is 9.88 Å². The number of hydrogen-bond donors (Lipinski definition) is 1. The lowest BCUT2D eigenvalue weighted by atomic mass is 10.1. The average Bonchev–Trinajstić information content (AvgIpc) is 3.10. The summed E-state index contributed by atoms with van der Waals surface area (Å²) in [7, 11) is 0. The number of para-hydroxylation sites is 2. The maximum Gasteiger partial charge on any atom is 0.251 e. The maximum atomic E-state index is 12.4. The predicted octanol–water partition coefficient (Wildman–Crippen LogP) is 5.41. The molecule has 152 valence electrons. The molecule has 0 atom stereocenters. The van der Waals surface area contributed by atoms with Crippen molar-refractivity contribution in [3.63, 3.8) is 0 Å². The van der Waals surface area contributed by atoms with Crippen molar-refractivity contribution in [2.24, 2.45) is 0 Å². The zero-order valence-corrected chi connectivity index (χ0v) is 17.7. The Hall–Kier alpha value is -3.11. The molecule has 1 N–H and O–H groups in total. The van der Waals surface area contributed by atoms with E-state index in [4.69, 9.17) is 16.6 Å². The summed E-state index contributed by atoms with van der Waals surface area (Å²) in [6.45, 7) is 3.22. The zero-order valence-electron chi connectivity index (χ0n) is 16.9. The van der Waals surface area contributed by atoms with E-state index in [1.165, 1.54) is 0 Å². The number of nitrogens with one attached hydrogen (secondary N) is 1. The second-order valence-corrected chi connectivity index (χ2v) is 7.78. The smallest absolute Gasteiger partial charge is 0.251 e. The highest BCUT2D eigenvalue weighted by molar-refractivity contribution is 6.31. The van der Waals surface area contributed by atoms with Crippen LogP contribution < -0.4 is 5.32 Å². The first-order chi connectivity index (χ1) is 14.6. The quantitative estimate of drug-likeness (QED) is 0.409. The minimum Gasteiger partial charge on any atom is -0.352 e. The number of benzene rings is 3. The molecule has 4 nitrogen and oxygen atoms in total. The van der Waals surface area contributed by atoms with E-state index in [-0.39, 0.29) is 5.91 Å². The largest absolute Gasteiger partial charge is 0.352 e. The Morgan fingerprint density at radius 3 is 2.57 bits per heavy atom. The molecule has 4 rings (SSSR count). The summed E-state index contributed by atoms with van der Waals surface area (Å²) in [6.07, 6.45) is 1.58. The lowest BCUT2D eigenvalue weighted by Gasteiger charge is -2.11. The number of carbonyl (C=O) groups excluding carboxylic acids is 1. The van der Waals surface area contributed by atoms with E-state index in [0.717, 1.165) is 51.4 Å². The van der Waals surface area contributed by atoms with Crippen molar-refractivity contribution in [2.75, 3.05) is 6.54 Å². The van der Waals surface area contributed by atoms with Crippen molar-refractivity contribution < 1.29 is 4.79 Å². The topological polar surface area (TPSA) is 46.9 Å². The standard InChI is InChI=1S/C25H24ClN3O/c1-18-9-2-4-11-20(18)25(30)27-16-8-15-24-28-22-13-6-7-14-23(22)29(24)17-19-10-3-5-12-21(19)26/h2-7,9-14H,8,15-17H2,1H3,(H,27,30). The number of halogens is 1. The van der Waals surface area contributed by atoms with E-state index < -0.39 is 0 Å². The Balaban J connectivity index is 1.47. The van der Waals surface area contributed by atoms with E-state index in [0.29, 0.717) is 13.1 Å². The van der Waals surface area contributed by atoms with Crippen LogP contribution >= 0.6 is 11.6 Å². The molecule has 0 aliphatic rings. The van der Waals surface area contributed by atoms with Gasteiger partial charge in [0.05, 0.1) is 17.6 Å². The fourth-order valence-electron chi connectivity index (χ4n) is 3.66. The van der Waals surface area contributed by atoms with Crippen LogP contribution in [0.3, 0.4) is 0 Å². The molecular formula is C25H24ClN3O.